The average molecular weight is 286 g/mol. The first kappa shape index (κ1) is 10.9. The minimum atomic E-state index is -0.279. The number of nitrogens with zero attached hydrogens (tertiary/aromatic N) is 2. The fourth-order valence-corrected chi connectivity index (χ4v) is 1.61. The lowest BCUT2D eigenvalue weighted by molar-refractivity contribution is 0.612. The predicted molar refractivity (Wildman–Crippen MR) is 62.2 cm³/mol. The summed E-state index contributed by atoms with van der Waals surface area (Å²) in [5.41, 5.74) is 5.88. The maximum atomic E-state index is 13.3. The Morgan fingerprint density at radius 2 is 2.31 bits per heavy atom. The Kier molecular flexibility index (Phi) is 3.04. The molecule has 0 aliphatic heterocycles. The SMILES string of the molecule is Nc1nc(NCc2cc(Br)ccc2F)n[nH]1. The average Bonchev–Trinajstić information content (AvgIpc) is 2.66. The van der Waals surface area contributed by atoms with Gasteiger partial charge in [-0.3, -0.25) is 0 Å². The van der Waals surface area contributed by atoms with Crippen LogP contribution in [0.3, 0.4) is 0 Å². The summed E-state index contributed by atoms with van der Waals surface area (Å²) >= 11 is 3.27. The van der Waals surface area contributed by atoms with Crippen LogP contribution in [-0.4, -0.2) is 15.2 Å². The molecule has 1 aromatic heterocycles. The number of hydrogen-bond donors (Lipinski definition) is 3. The summed E-state index contributed by atoms with van der Waals surface area (Å²) in [7, 11) is 0. The Labute approximate surface area is 99.4 Å². The maximum Gasteiger partial charge on any atom is 0.243 e. The molecule has 0 aliphatic carbocycles. The fourth-order valence-electron chi connectivity index (χ4n) is 1.21. The second kappa shape index (κ2) is 4.48. The van der Waals surface area contributed by atoms with Gasteiger partial charge in [-0.15, -0.1) is 5.10 Å². The highest BCUT2D eigenvalue weighted by molar-refractivity contribution is 9.10. The number of halogens is 2. The molecular weight excluding hydrogens is 277 g/mol. The summed E-state index contributed by atoms with van der Waals surface area (Å²) in [5.74, 6) is 0.285. The van der Waals surface area contributed by atoms with Crippen molar-refractivity contribution in [3.8, 4) is 0 Å². The Bertz CT molecular complexity index is 498. The van der Waals surface area contributed by atoms with Gasteiger partial charge in [-0.1, -0.05) is 15.9 Å². The fraction of sp³-hybridized carbons (Fsp3) is 0.111. The van der Waals surface area contributed by atoms with Crippen molar-refractivity contribution in [3.63, 3.8) is 0 Å². The highest BCUT2D eigenvalue weighted by Gasteiger charge is 2.04. The third-order valence-corrected chi connectivity index (χ3v) is 2.44. The van der Waals surface area contributed by atoms with Crippen LogP contribution in [0.4, 0.5) is 16.3 Å². The summed E-state index contributed by atoms with van der Waals surface area (Å²) in [5, 5.41) is 9.11. The number of hydrogen-bond acceptors (Lipinski definition) is 4. The number of rotatable bonds is 3. The van der Waals surface area contributed by atoms with Gasteiger partial charge in [0.15, 0.2) is 0 Å². The molecule has 2 rings (SSSR count). The number of nitrogens with two attached hydrogens (primary N) is 1. The monoisotopic (exact) mass is 285 g/mol. The van der Waals surface area contributed by atoms with E-state index in [9.17, 15) is 4.39 Å². The van der Waals surface area contributed by atoms with Crippen LogP contribution in [0, 0.1) is 5.82 Å². The minimum Gasteiger partial charge on any atom is -0.368 e. The summed E-state index contributed by atoms with van der Waals surface area (Å²) in [4.78, 5) is 3.84. The molecule has 0 saturated carbocycles. The van der Waals surface area contributed by atoms with E-state index in [4.69, 9.17) is 5.73 Å². The largest absolute Gasteiger partial charge is 0.368 e. The van der Waals surface area contributed by atoms with Crippen LogP contribution in [0.25, 0.3) is 0 Å². The third-order valence-electron chi connectivity index (χ3n) is 1.95. The number of nitrogens with one attached hydrogen (secondary N) is 2. The van der Waals surface area contributed by atoms with Crippen LogP contribution in [0.15, 0.2) is 22.7 Å². The van der Waals surface area contributed by atoms with E-state index in [1.165, 1.54) is 6.07 Å². The van der Waals surface area contributed by atoms with Crippen LogP contribution in [0.1, 0.15) is 5.56 Å². The van der Waals surface area contributed by atoms with Gasteiger partial charge in [-0.05, 0) is 18.2 Å². The van der Waals surface area contributed by atoms with Crippen LogP contribution < -0.4 is 11.1 Å². The molecule has 5 nitrogen and oxygen atoms in total. The van der Waals surface area contributed by atoms with Crippen molar-refractivity contribution >= 4 is 27.8 Å². The van der Waals surface area contributed by atoms with E-state index in [0.717, 1.165) is 4.47 Å². The van der Waals surface area contributed by atoms with E-state index in [2.05, 4.69) is 36.4 Å². The number of H-pyrrole nitrogens is 1. The number of anilines is 2. The van der Waals surface area contributed by atoms with Gasteiger partial charge in [0.2, 0.25) is 11.9 Å². The van der Waals surface area contributed by atoms with Crippen LogP contribution in [-0.2, 0) is 6.54 Å². The first-order chi connectivity index (χ1) is 7.65. The lowest BCUT2D eigenvalue weighted by Gasteiger charge is -2.04. The lowest BCUT2D eigenvalue weighted by Crippen LogP contribution is -2.03. The third kappa shape index (κ3) is 2.48. The summed E-state index contributed by atoms with van der Waals surface area (Å²) in [6, 6.07) is 4.73. The molecular formula is C9H9BrFN5. The van der Waals surface area contributed by atoms with Gasteiger partial charge in [0.1, 0.15) is 5.82 Å². The first-order valence-electron chi connectivity index (χ1n) is 4.51. The highest BCUT2D eigenvalue weighted by atomic mass is 79.9. The van der Waals surface area contributed by atoms with Crippen molar-refractivity contribution in [2.45, 2.75) is 6.54 Å². The van der Waals surface area contributed by atoms with Crippen LogP contribution in [0.2, 0.25) is 0 Å². The Hall–Kier alpha value is -1.63. The van der Waals surface area contributed by atoms with Crippen molar-refractivity contribution in [3.05, 3.63) is 34.1 Å². The summed E-state index contributed by atoms with van der Waals surface area (Å²) in [6.45, 7) is 0.294. The zero-order valence-electron chi connectivity index (χ0n) is 8.17. The zero-order chi connectivity index (χ0) is 11.5. The number of aromatic nitrogens is 3. The Balaban J connectivity index is 2.07. The molecule has 4 N–H and O–H groups in total. The molecule has 84 valence electrons. The lowest BCUT2D eigenvalue weighted by atomic mass is 10.2. The van der Waals surface area contributed by atoms with E-state index in [1.54, 1.807) is 12.1 Å². The molecule has 0 saturated heterocycles. The van der Waals surface area contributed by atoms with E-state index in [-0.39, 0.29) is 11.8 Å². The van der Waals surface area contributed by atoms with Gasteiger partial charge in [0, 0.05) is 16.6 Å². The molecule has 0 unspecified atom stereocenters. The molecule has 0 atom stereocenters. The molecule has 0 radical (unpaired) electrons. The van der Waals surface area contributed by atoms with Crippen molar-refractivity contribution in [1.29, 1.82) is 0 Å². The molecule has 16 heavy (non-hydrogen) atoms. The Morgan fingerprint density at radius 1 is 1.50 bits per heavy atom. The molecule has 1 aromatic carbocycles. The normalized spacial score (nSPS) is 10.4. The topological polar surface area (TPSA) is 79.6 Å². The molecule has 7 heteroatoms. The van der Waals surface area contributed by atoms with Gasteiger partial charge in [0.25, 0.3) is 0 Å². The molecule has 1 heterocycles. The number of nitrogen functional groups attached to an aromatic ring is 1. The van der Waals surface area contributed by atoms with E-state index in [1.807, 2.05) is 0 Å². The quantitative estimate of drug-likeness (QED) is 0.805. The van der Waals surface area contributed by atoms with Crippen molar-refractivity contribution in [2.24, 2.45) is 0 Å². The molecule has 0 amide bonds. The van der Waals surface area contributed by atoms with Crippen LogP contribution >= 0.6 is 15.9 Å². The van der Waals surface area contributed by atoms with Crippen molar-refractivity contribution in [1.82, 2.24) is 15.2 Å². The predicted octanol–water partition coefficient (Wildman–Crippen LogP) is 1.90. The highest BCUT2D eigenvalue weighted by Crippen LogP contribution is 2.16. The molecule has 0 spiro atoms. The number of benzene rings is 1. The second-order valence-electron chi connectivity index (χ2n) is 3.13. The zero-order valence-corrected chi connectivity index (χ0v) is 9.75. The maximum absolute atomic E-state index is 13.3. The number of aromatic amines is 1. The standard InChI is InChI=1S/C9H9BrFN5/c10-6-1-2-7(11)5(3-6)4-13-9-14-8(12)15-16-9/h1-3H,4H2,(H4,12,13,14,15,16). The van der Waals surface area contributed by atoms with Gasteiger partial charge >= 0.3 is 0 Å². The van der Waals surface area contributed by atoms with E-state index in [0.29, 0.717) is 18.1 Å². The molecule has 0 bridgehead atoms. The molecule has 0 aliphatic rings. The van der Waals surface area contributed by atoms with Crippen molar-refractivity contribution < 1.29 is 4.39 Å². The molecule has 0 fully saturated rings. The van der Waals surface area contributed by atoms with Crippen molar-refractivity contribution in [2.75, 3.05) is 11.1 Å². The van der Waals surface area contributed by atoms with Crippen LogP contribution in [0.5, 0.6) is 0 Å². The minimum absolute atomic E-state index is 0.220. The smallest absolute Gasteiger partial charge is 0.243 e. The van der Waals surface area contributed by atoms with Gasteiger partial charge in [-0.2, -0.15) is 4.98 Å². The summed E-state index contributed by atoms with van der Waals surface area (Å²) in [6.07, 6.45) is 0. The van der Waals surface area contributed by atoms with Gasteiger partial charge in [0.05, 0.1) is 0 Å². The second-order valence-corrected chi connectivity index (χ2v) is 4.05. The van der Waals surface area contributed by atoms with Gasteiger partial charge in [-0.25, -0.2) is 9.49 Å². The van der Waals surface area contributed by atoms with Gasteiger partial charge < -0.3 is 11.1 Å². The molecule has 2 aromatic rings. The Morgan fingerprint density at radius 3 is 3.00 bits per heavy atom. The first-order valence-corrected chi connectivity index (χ1v) is 5.30. The summed E-state index contributed by atoms with van der Waals surface area (Å²) < 4.78 is 14.2. The van der Waals surface area contributed by atoms with E-state index >= 15 is 0 Å². The van der Waals surface area contributed by atoms with E-state index < -0.39 is 0 Å².